The summed E-state index contributed by atoms with van der Waals surface area (Å²) in [4.78, 5) is 44.9. The maximum Gasteiger partial charge on any atom is 0.331 e. The van der Waals surface area contributed by atoms with Gasteiger partial charge in [-0.25, -0.2) is 4.79 Å². The molecule has 47 heavy (non-hydrogen) atoms. The number of urea groups is 1. The lowest BCUT2D eigenvalue weighted by Crippen LogP contribution is -2.68. The lowest BCUT2D eigenvalue weighted by atomic mass is 9.72. The second-order valence-corrected chi connectivity index (χ2v) is 12.2. The van der Waals surface area contributed by atoms with Crippen LogP contribution in [-0.2, 0) is 12.8 Å². The third-order valence-electron chi connectivity index (χ3n) is 10.2. The Morgan fingerprint density at radius 2 is 1.34 bits per heavy atom. The fourth-order valence-electron chi connectivity index (χ4n) is 8.02. The first kappa shape index (κ1) is 30.5. The van der Waals surface area contributed by atoms with Crippen molar-refractivity contribution in [3.8, 4) is 29.1 Å². The number of hydrogen-bond acceptors (Lipinski definition) is 10. The summed E-state index contributed by atoms with van der Waals surface area (Å²) >= 11 is 0. The Kier molecular flexibility index (Phi) is 7.53. The van der Waals surface area contributed by atoms with Gasteiger partial charge in [-0.1, -0.05) is 12.1 Å². The summed E-state index contributed by atoms with van der Waals surface area (Å²) in [7, 11) is 8.43. The van der Waals surface area contributed by atoms with E-state index in [2.05, 4.69) is 28.2 Å². The number of imide groups is 3. The third kappa shape index (κ3) is 4.52. The molecular weight excluding hydrogens is 602 g/mol. The summed E-state index contributed by atoms with van der Waals surface area (Å²) in [6, 6.07) is 14.5. The van der Waals surface area contributed by atoms with Crippen LogP contribution in [0.1, 0.15) is 55.1 Å². The van der Waals surface area contributed by atoms with E-state index < -0.39 is 29.9 Å². The highest BCUT2D eigenvalue weighted by molar-refractivity contribution is 6.28. The second-order valence-electron chi connectivity index (χ2n) is 12.2. The highest BCUT2D eigenvalue weighted by Gasteiger charge is 2.54. The van der Waals surface area contributed by atoms with Gasteiger partial charge in [-0.3, -0.25) is 19.4 Å². The lowest BCUT2D eigenvalue weighted by molar-refractivity contribution is -0.0707. The average molecular weight is 638 g/mol. The number of carbonyl (C=O) groups is 3. The molecule has 0 aromatic heterocycles. The minimum absolute atomic E-state index is 0.0331. The molecule has 12 heteroatoms. The number of methoxy groups -OCH3 is 4. The number of nitrogens with one attached hydrogen (secondary N) is 1. The number of fused-ring (bicyclic) bond motifs is 8. The van der Waals surface area contributed by atoms with E-state index in [0.717, 1.165) is 22.3 Å². The third-order valence-corrected chi connectivity index (χ3v) is 10.2. The van der Waals surface area contributed by atoms with Crippen molar-refractivity contribution in [3.63, 3.8) is 0 Å². The molecular formula is C35H35N5O7. The Morgan fingerprint density at radius 1 is 0.830 bits per heavy atom. The zero-order valence-electron chi connectivity index (χ0n) is 26.8. The normalized spacial score (nSPS) is 24.3. The Morgan fingerprint density at radius 3 is 1.89 bits per heavy atom. The molecule has 3 aromatic rings. The molecule has 7 rings (SSSR count). The highest BCUT2D eigenvalue weighted by atomic mass is 16.5. The number of ether oxygens (including phenoxy) is 4. The highest BCUT2D eigenvalue weighted by Crippen LogP contribution is 2.52. The lowest BCUT2D eigenvalue weighted by Gasteiger charge is -2.60. The number of piperazine rings is 1. The van der Waals surface area contributed by atoms with Crippen molar-refractivity contribution in [2.45, 2.75) is 43.1 Å². The molecule has 4 amide bonds. The van der Waals surface area contributed by atoms with Gasteiger partial charge in [0.2, 0.25) is 0 Å². The molecule has 0 unspecified atom stereocenters. The number of carbonyl (C=O) groups excluding carboxylic acids is 3. The minimum atomic E-state index is -0.814. The van der Waals surface area contributed by atoms with Gasteiger partial charge in [0.15, 0.2) is 23.0 Å². The van der Waals surface area contributed by atoms with Crippen molar-refractivity contribution in [1.29, 1.82) is 5.26 Å². The summed E-state index contributed by atoms with van der Waals surface area (Å²) in [6.07, 6.45) is 1.20. The summed E-state index contributed by atoms with van der Waals surface area (Å²) in [6.45, 7) is 0.0331. The summed E-state index contributed by atoms with van der Waals surface area (Å²) in [5.74, 6) is 1.02. The quantitative estimate of drug-likeness (QED) is 0.401. The van der Waals surface area contributed by atoms with Gasteiger partial charge in [0.1, 0.15) is 6.04 Å². The maximum atomic E-state index is 13.6. The van der Waals surface area contributed by atoms with E-state index >= 15 is 0 Å². The van der Waals surface area contributed by atoms with E-state index in [0.29, 0.717) is 40.7 Å². The van der Waals surface area contributed by atoms with Crippen molar-refractivity contribution in [3.05, 3.63) is 81.9 Å². The van der Waals surface area contributed by atoms with Crippen LogP contribution in [0.15, 0.2) is 48.5 Å². The maximum absolute atomic E-state index is 13.6. The van der Waals surface area contributed by atoms with Crippen LogP contribution in [0.4, 0.5) is 4.79 Å². The summed E-state index contributed by atoms with van der Waals surface area (Å²) in [5.41, 5.74) is 4.43. The largest absolute Gasteiger partial charge is 0.493 e. The molecule has 1 N–H and O–H groups in total. The molecule has 3 aromatic carbocycles. The Hall–Kier alpha value is -5.12. The zero-order chi connectivity index (χ0) is 33.1. The van der Waals surface area contributed by atoms with Gasteiger partial charge in [-0.2, -0.15) is 10.2 Å². The van der Waals surface area contributed by atoms with Crippen LogP contribution in [0.25, 0.3) is 0 Å². The average Bonchev–Trinajstić information content (AvgIpc) is 3.34. The Balaban J connectivity index is 1.31. The topological polar surface area (TPSA) is 134 Å². The fraction of sp³-hybridized carbons (Fsp3) is 0.371. The molecule has 1 saturated heterocycles. The van der Waals surface area contributed by atoms with Crippen molar-refractivity contribution in [2.24, 2.45) is 0 Å². The molecule has 1 fully saturated rings. The van der Waals surface area contributed by atoms with Crippen LogP contribution >= 0.6 is 0 Å². The van der Waals surface area contributed by atoms with Crippen LogP contribution < -0.4 is 24.3 Å². The molecule has 0 spiro atoms. The van der Waals surface area contributed by atoms with E-state index in [-0.39, 0.29) is 35.8 Å². The van der Waals surface area contributed by atoms with Gasteiger partial charge >= 0.3 is 6.03 Å². The van der Waals surface area contributed by atoms with Gasteiger partial charge in [0.25, 0.3) is 11.8 Å². The molecule has 4 aliphatic rings. The van der Waals surface area contributed by atoms with E-state index in [1.807, 2.05) is 24.3 Å². The summed E-state index contributed by atoms with van der Waals surface area (Å²) < 4.78 is 22.7. The molecule has 2 bridgehead atoms. The number of nitriles is 1. The smallest absolute Gasteiger partial charge is 0.331 e. The van der Waals surface area contributed by atoms with E-state index in [1.165, 1.54) is 12.1 Å². The molecule has 4 aliphatic heterocycles. The number of hydrogen-bond donors (Lipinski definition) is 1. The number of benzene rings is 3. The van der Waals surface area contributed by atoms with Crippen molar-refractivity contribution in [2.75, 3.05) is 42.0 Å². The summed E-state index contributed by atoms with van der Waals surface area (Å²) in [5, 5.41) is 13.6. The molecule has 5 atom stereocenters. The number of rotatable bonds is 6. The number of amides is 4. The number of nitrogens with zero attached hydrogens (tertiary/aromatic N) is 4. The second kappa shape index (κ2) is 11.6. The van der Waals surface area contributed by atoms with Gasteiger partial charge in [-0.05, 0) is 78.5 Å². The molecule has 12 nitrogen and oxygen atoms in total. The van der Waals surface area contributed by atoms with E-state index in [4.69, 9.17) is 18.9 Å². The first-order valence-corrected chi connectivity index (χ1v) is 15.4. The van der Waals surface area contributed by atoms with Gasteiger partial charge in [0.05, 0.1) is 57.7 Å². The van der Waals surface area contributed by atoms with Crippen LogP contribution in [0.2, 0.25) is 0 Å². The van der Waals surface area contributed by atoms with Gasteiger partial charge in [-0.15, -0.1) is 0 Å². The predicted molar refractivity (Wildman–Crippen MR) is 169 cm³/mol. The molecule has 0 radical (unpaired) electrons. The van der Waals surface area contributed by atoms with Gasteiger partial charge in [0, 0.05) is 18.6 Å². The van der Waals surface area contributed by atoms with Crippen LogP contribution in [0.3, 0.4) is 0 Å². The monoisotopic (exact) mass is 637 g/mol. The number of likely N-dealkylation sites (N-methyl/N-ethyl adjacent to an activating group) is 1. The van der Waals surface area contributed by atoms with Crippen LogP contribution in [0.5, 0.6) is 23.0 Å². The molecule has 242 valence electrons. The molecule has 4 heterocycles. The van der Waals surface area contributed by atoms with Crippen molar-refractivity contribution in [1.82, 2.24) is 20.0 Å². The van der Waals surface area contributed by atoms with Crippen molar-refractivity contribution < 1.29 is 33.3 Å². The van der Waals surface area contributed by atoms with Crippen molar-refractivity contribution >= 4 is 17.8 Å². The standard InChI is InChI=1S/C35H35N5O7/c1-38-24-10-19-13-29(45-3)31(47-5)15-23(19)32(38)25-11-18-12-28(44-2)30(46-4)14-22(18)27(39(25)26(24)16-36)17-37-35(43)40-33(41)20-8-6-7-9-21(20)34(40)42/h6-9,12-15,24-27,32H,10-11,17H2,1-5H3,(H,37,43)/t24-,25-,26-,27-,32+/m0/s1. The first-order valence-electron chi connectivity index (χ1n) is 15.4. The predicted octanol–water partition coefficient (Wildman–Crippen LogP) is 3.50. The fourth-order valence-corrected chi connectivity index (χ4v) is 8.02. The van der Waals surface area contributed by atoms with E-state index in [9.17, 15) is 19.6 Å². The SMILES string of the molecule is COc1cc2c(cc1OC)[C@@H]1[C@@H]3Cc4cc(OC)c(OC)cc4[C@H](CNC(=O)N4C(=O)c5ccccc5C4=O)N3[C@@H](C#N)[C@H](C2)N1C. The molecule has 0 aliphatic carbocycles. The van der Waals surface area contributed by atoms with Gasteiger partial charge < -0.3 is 24.3 Å². The molecule has 0 saturated carbocycles. The minimum Gasteiger partial charge on any atom is -0.493 e. The van der Waals surface area contributed by atoms with Crippen LogP contribution in [-0.4, -0.2) is 92.7 Å². The Labute approximate surface area is 272 Å². The first-order chi connectivity index (χ1) is 22.8. The zero-order valence-corrected chi connectivity index (χ0v) is 26.8. The van der Waals surface area contributed by atoms with E-state index in [1.54, 1.807) is 40.6 Å². The van der Waals surface area contributed by atoms with Crippen LogP contribution in [0, 0.1) is 11.3 Å². The Bertz CT molecular complexity index is 1820.